The van der Waals surface area contributed by atoms with E-state index in [0.717, 1.165) is 32.6 Å². The molecule has 0 aliphatic carbocycles. The van der Waals surface area contributed by atoms with Crippen LogP contribution in [0, 0.1) is 5.82 Å². The van der Waals surface area contributed by atoms with Gasteiger partial charge in [-0.1, -0.05) is 36.0 Å². The Bertz CT molecular complexity index is 1300. The van der Waals surface area contributed by atoms with Gasteiger partial charge in [0.1, 0.15) is 0 Å². The normalized spacial score (nSPS) is 11.4. The van der Waals surface area contributed by atoms with Crippen molar-refractivity contribution in [2.24, 2.45) is 0 Å². The van der Waals surface area contributed by atoms with E-state index in [-0.39, 0.29) is 21.9 Å². The van der Waals surface area contributed by atoms with Gasteiger partial charge in [-0.15, -0.1) is 9.73 Å². The lowest BCUT2D eigenvalue weighted by molar-refractivity contribution is 0.151. The van der Waals surface area contributed by atoms with Crippen LogP contribution in [0.5, 0.6) is 0 Å². The fourth-order valence-electron chi connectivity index (χ4n) is 2.66. The number of rotatable bonds is 5. The molecule has 0 bridgehead atoms. The summed E-state index contributed by atoms with van der Waals surface area (Å²) in [6.45, 7) is 0. The zero-order valence-corrected chi connectivity index (χ0v) is 15.4. The summed E-state index contributed by atoms with van der Waals surface area (Å²) in [6.07, 6.45) is 0.0583. The maximum Gasteiger partial charge on any atom is 0.285 e. The molecule has 11 heteroatoms. The predicted octanol–water partition coefficient (Wildman–Crippen LogP) is 2.94. The van der Waals surface area contributed by atoms with Gasteiger partial charge >= 0.3 is 0 Å². The molecule has 0 amide bonds. The smallest absolute Gasteiger partial charge is 0.285 e. The Morgan fingerprint density at radius 2 is 1.90 bits per heavy atom. The van der Waals surface area contributed by atoms with Crippen molar-refractivity contribution in [3.8, 4) is 5.69 Å². The first-order valence-electron chi connectivity index (χ1n) is 8.29. The SMILES string of the molecule is O=c1[nH]cc(-n2c(SCc3ccc(C(F)F)cc3)nn3nccc3c2=O)cc1F. The van der Waals surface area contributed by atoms with E-state index >= 15 is 0 Å². The van der Waals surface area contributed by atoms with Crippen LogP contribution < -0.4 is 11.1 Å². The molecular formula is C18H12F3N5O2S. The number of aromatic nitrogens is 5. The molecule has 0 radical (unpaired) electrons. The molecule has 0 saturated heterocycles. The summed E-state index contributed by atoms with van der Waals surface area (Å²) >= 11 is 1.14. The number of fused-ring (bicyclic) bond motifs is 1. The maximum absolute atomic E-state index is 13.8. The topological polar surface area (TPSA) is 85.1 Å². The van der Waals surface area contributed by atoms with E-state index in [4.69, 9.17) is 0 Å². The van der Waals surface area contributed by atoms with Crippen LogP contribution in [0.4, 0.5) is 13.2 Å². The number of thioether (sulfide) groups is 1. The van der Waals surface area contributed by atoms with Crippen molar-refractivity contribution in [2.75, 3.05) is 0 Å². The molecule has 4 aromatic rings. The van der Waals surface area contributed by atoms with Crippen LogP contribution in [-0.4, -0.2) is 24.4 Å². The number of aromatic amines is 1. The lowest BCUT2D eigenvalue weighted by atomic mass is 10.2. The summed E-state index contributed by atoms with van der Waals surface area (Å²) in [5, 5.41) is 8.43. The Balaban J connectivity index is 1.75. The van der Waals surface area contributed by atoms with Gasteiger partial charge in [-0.25, -0.2) is 13.2 Å². The third-order valence-corrected chi connectivity index (χ3v) is 5.12. The van der Waals surface area contributed by atoms with Crippen molar-refractivity contribution >= 4 is 17.3 Å². The Hall–Kier alpha value is -3.34. The minimum atomic E-state index is -2.55. The Morgan fingerprint density at radius 1 is 1.14 bits per heavy atom. The molecule has 0 saturated carbocycles. The highest BCUT2D eigenvalue weighted by molar-refractivity contribution is 7.98. The number of nitrogens with one attached hydrogen (secondary N) is 1. The number of hydrogen-bond acceptors (Lipinski definition) is 5. The third kappa shape index (κ3) is 3.68. The van der Waals surface area contributed by atoms with Crippen LogP contribution >= 0.6 is 11.8 Å². The first-order valence-corrected chi connectivity index (χ1v) is 9.28. The van der Waals surface area contributed by atoms with E-state index in [1.54, 1.807) is 12.1 Å². The fourth-order valence-corrected chi connectivity index (χ4v) is 3.60. The molecule has 7 nitrogen and oxygen atoms in total. The molecule has 1 aromatic carbocycles. The van der Waals surface area contributed by atoms with Gasteiger partial charge in [-0.05, 0) is 11.6 Å². The van der Waals surface area contributed by atoms with Crippen LogP contribution in [-0.2, 0) is 5.75 Å². The summed E-state index contributed by atoms with van der Waals surface area (Å²) in [4.78, 5) is 26.4. The van der Waals surface area contributed by atoms with Crippen molar-refractivity contribution < 1.29 is 13.2 Å². The highest BCUT2D eigenvalue weighted by Crippen LogP contribution is 2.24. The van der Waals surface area contributed by atoms with Crippen LogP contribution in [0.1, 0.15) is 17.6 Å². The van der Waals surface area contributed by atoms with Crippen LogP contribution in [0.15, 0.2) is 63.5 Å². The van der Waals surface area contributed by atoms with Crippen molar-refractivity contribution in [3.05, 3.63) is 86.4 Å². The minimum absolute atomic E-state index is 0.0875. The highest BCUT2D eigenvalue weighted by atomic mass is 32.2. The summed E-state index contributed by atoms with van der Waals surface area (Å²) in [6, 6.07) is 8.18. The van der Waals surface area contributed by atoms with Gasteiger partial charge in [0.15, 0.2) is 16.5 Å². The Morgan fingerprint density at radius 3 is 2.59 bits per heavy atom. The lowest BCUT2D eigenvalue weighted by Gasteiger charge is -2.12. The number of hydrogen-bond donors (Lipinski definition) is 1. The molecule has 0 atom stereocenters. The number of halogens is 3. The quantitative estimate of drug-likeness (QED) is 0.503. The van der Waals surface area contributed by atoms with Gasteiger partial charge in [-0.3, -0.25) is 14.2 Å². The van der Waals surface area contributed by atoms with Gasteiger partial charge in [0.05, 0.1) is 11.9 Å². The van der Waals surface area contributed by atoms with Crippen molar-refractivity contribution in [3.63, 3.8) is 0 Å². The fraction of sp³-hybridized carbons (Fsp3) is 0.111. The van der Waals surface area contributed by atoms with E-state index in [1.165, 1.54) is 30.6 Å². The van der Waals surface area contributed by atoms with Gasteiger partial charge in [0.25, 0.3) is 17.5 Å². The maximum atomic E-state index is 13.8. The van der Waals surface area contributed by atoms with Gasteiger partial charge < -0.3 is 4.98 Å². The highest BCUT2D eigenvalue weighted by Gasteiger charge is 2.16. The second-order valence-electron chi connectivity index (χ2n) is 5.99. The van der Waals surface area contributed by atoms with Crippen molar-refractivity contribution in [1.82, 2.24) is 24.4 Å². The Labute approximate surface area is 164 Å². The summed E-state index contributed by atoms with van der Waals surface area (Å²) in [5.41, 5.74) is -0.502. The van der Waals surface area contributed by atoms with E-state index < -0.39 is 23.4 Å². The first-order chi connectivity index (χ1) is 13.9. The number of benzene rings is 1. The molecule has 3 aromatic heterocycles. The number of pyridine rings is 1. The summed E-state index contributed by atoms with van der Waals surface area (Å²) in [7, 11) is 0. The van der Waals surface area contributed by atoms with E-state index in [0.29, 0.717) is 5.75 Å². The minimum Gasteiger partial charge on any atom is -0.324 e. The van der Waals surface area contributed by atoms with Gasteiger partial charge in [0.2, 0.25) is 0 Å². The lowest BCUT2D eigenvalue weighted by Crippen LogP contribution is -2.25. The van der Waals surface area contributed by atoms with Crippen LogP contribution in [0.25, 0.3) is 11.2 Å². The average molecular weight is 419 g/mol. The van der Waals surface area contributed by atoms with Crippen LogP contribution in [0.3, 0.4) is 0 Å². The number of nitrogens with zero attached hydrogens (tertiary/aromatic N) is 4. The zero-order valence-electron chi connectivity index (χ0n) is 14.6. The van der Waals surface area contributed by atoms with Crippen LogP contribution in [0.2, 0.25) is 0 Å². The molecule has 0 aliphatic rings. The molecule has 3 heterocycles. The predicted molar refractivity (Wildman–Crippen MR) is 100 cm³/mol. The number of H-pyrrole nitrogens is 1. The second kappa shape index (κ2) is 7.59. The molecule has 1 N–H and O–H groups in total. The summed E-state index contributed by atoms with van der Waals surface area (Å²) < 4.78 is 41.5. The molecule has 148 valence electrons. The van der Waals surface area contributed by atoms with Crippen molar-refractivity contribution in [1.29, 1.82) is 0 Å². The largest absolute Gasteiger partial charge is 0.324 e. The molecule has 29 heavy (non-hydrogen) atoms. The van der Waals surface area contributed by atoms with E-state index in [2.05, 4.69) is 15.2 Å². The zero-order chi connectivity index (χ0) is 20.5. The average Bonchev–Trinajstić information content (AvgIpc) is 3.18. The monoisotopic (exact) mass is 419 g/mol. The van der Waals surface area contributed by atoms with E-state index in [9.17, 15) is 22.8 Å². The summed E-state index contributed by atoms with van der Waals surface area (Å²) in [5.74, 6) is -0.726. The molecular weight excluding hydrogens is 407 g/mol. The number of alkyl halides is 2. The molecule has 0 unspecified atom stereocenters. The van der Waals surface area contributed by atoms with Gasteiger partial charge in [0, 0.05) is 23.6 Å². The second-order valence-corrected chi connectivity index (χ2v) is 6.94. The molecule has 0 aliphatic heterocycles. The van der Waals surface area contributed by atoms with E-state index in [1.807, 2.05) is 0 Å². The van der Waals surface area contributed by atoms with Crippen molar-refractivity contribution in [2.45, 2.75) is 17.3 Å². The standard InChI is InChI=1S/C18H12F3N5O2S/c19-13-7-12(8-22-16(13)27)25-17(28)14-5-6-23-26(14)24-18(25)29-9-10-1-3-11(4-2-10)15(20)21/h1-8,15H,9H2,(H,22,27). The molecule has 0 fully saturated rings. The molecule has 0 spiro atoms. The molecule has 4 rings (SSSR count). The first kappa shape index (κ1) is 19.0. The Kier molecular flexibility index (Phi) is 4.97. The third-order valence-electron chi connectivity index (χ3n) is 4.12. The van der Waals surface area contributed by atoms with Gasteiger partial charge in [-0.2, -0.15) is 5.10 Å².